The van der Waals surface area contributed by atoms with Crippen molar-refractivity contribution in [1.29, 1.82) is 0 Å². The molecule has 1 heterocycles. The molecular formula is C13H10ClNOS2. The van der Waals surface area contributed by atoms with E-state index < -0.39 is 0 Å². The smallest absolute Gasteiger partial charge is 0.197 e. The van der Waals surface area contributed by atoms with Crippen molar-refractivity contribution in [3.8, 4) is 0 Å². The minimum absolute atomic E-state index is 0.0419. The predicted molar refractivity (Wildman–Crippen MR) is 79.1 cm³/mol. The van der Waals surface area contributed by atoms with Gasteiger partial charge < -0.3 is 4.98 Å². The molecule has 1 aromatic carbocycles. The third-order valence-corrected chi connectivity index (χ3v) is 3.95. The average Bonchev–Trinajstić information content (AvgIpc) is 2.67. The molecule has 0 aliphatic rings. The van der Waals surface area contributed by atoms with Gasteiger partial charge in [0.2, 0.25) is 0 Å². The Morgan fingerprint density at radius 1 is 1.39 bits per heavy atom. The Kier molecular flexibility index (Phi) is 4.11. The van der Waals surface area contributed by atoms with Crippen LogP contribution in [0.2, 0.25) is 5.02 Å². The van der Waals surface area contributed by atoms with Crippen LogP contribution in [0.4, 0.5) is 0 Å². The second kappa shape index (κ2) is 5.61. The average molecular weight is 296 g/mol. The SMILES string of the molecule is Cc1[nH]c(=S)sc1C(=O)/C=C/c1ccc(Cl)cc1. The van der Waals surface area contributed by atoms with Crippen LogP contribution in [-0.2, 0) is 0 Å². The van der Waals surface area contributed by atoms with E-state index in [9.17, 15) is 4.79 Å². The summed E-state index contributed by atoms with van der Waals surface area (Å²) in [4.78, 5) is 15.6. The lowest BCUT2D eigenvalue weighted by molar-refractivity contribution is 0.105. The summed E-state index contributed by atoms with van der Waals surface area (Å²) >= 11 is 12.1. The van der Waals surface area contributed by atoms with E-state index in [1.165, 1.54) is 11.3 Å². The first-order valence-electron chi connectivity index (χ1n) is 5.24. The Bertz CT molecular complexity index is 652. The number of rotatable bonds is 3. The zero-order valence-corrected chi connectivity index (χ0v) is 12.0. The molecule has 0 atom stereocenters. The first kappa shape index (κ1) is 13.2. The number of aryl methyl sites for hydroxylation is 1. The summed E-state index contributed by atoms with van der Waals surface area (Å²) in [5, 5.41) is 0.679. The van der Waals surface area contributed by atoms with Crippen molar-refractivity contribution in [1.82, 2.24) is 4.98 Å². The minimum atomic E-state index is -0.0419. The number of thiazole rings is 1. The van der Waals surface area contributed by atoms with Gasteiger partial charge in [-0.05, 0) is 42.9 Å². The lowest BCUT2D eigenvalue weighted by atomic mass is 10.2. The standard InChI is InChI=1S/C13H10ClNOS2/c1-8-12(18-13(17)15-8)11(16)7-4-9-2-5-10(14)6-3-9/h2-7H,1H3,(H,15,17)/b7-4+. The van der Waals surface area contributed by atoms with Gasteiger partial charge in [0.05, 0.1) is 4.88 Å². The monoisotopic (exact) mass is 295 g/mol. The normalized spacial score (nSPS) is 11.0. The molecule has 0 saturated heterocycles. The zero-order chi connectivity index (χ0) is 13.1. The highest BCUT2D eigenvalue weighted by molar-refractivity contribution is 7.73. The van der Waals surface area contributed by atoms with E-state index in [1.807, 2.05) is 19.1 Å². The number of ketones is 1. The third kappa shape index (κ3) is 3.16. The molecule has 92 valence electrons. The van der Waals surface area contributed by atoms with Crippen molar-refractivity contribution in [3.63, 3.8) is 0 Å². The number of allylic oxidation sites excluding steroid dienone is 1. The Balaban J connectivity index is 2.19. The molecule has 0 aliphatic carbocycles. The van der Waals surface area contributed by atoms with E-state index in [4.69, 9.17) is 23.8 Å². The Morgan fingerprint density at radius 3 is 2.61 bits per heavy atom. The van der Waals surface area contributed by atoms with Gasteiger partial charge in [-0.25, -0.2) is 0 Å². The van der Waals surface area contributed by atoms with Gasteiger partial charge in [-0.15, -0.1) is 11.3 Å². The number of aromatic nitrogens is 1. The Morgan fingerprint density at radius 2 is 2.06 bits per heavy atom. The van der Waals surface area contributed by atoms with Crippen LogP contribution in [0.1, 0.15) is 20.9 Å². The van der Waals surface area contributed by atoms with Crippen LogP contribution in [0.25, 0.3) is 6.08 Å². The second-order valence-electron chi connectivity index (χ2n) is 3.72. The van der Waals surface area contributed by atoms with E-state index in [-0.39, 0.29) is 5.78 Å². The summed E-state index contributed by atoms with van der Waals surface area (Å²) in [6, 6.07) is 7.30. The van der Waals surface area contributed by atoms with Gasteiger partial charge >= 0.3 is 0 Å². The molecule has 18 heavy (non-hydrogen) atoms. The molecule has 2 nitrogen and oxygen atoms in total. The van der Waals surface area contributed by atoms with E-state index >= 15 is 0 Å². The number of carbonyl (C=O) groups excluding carboxylic acids is 1. The Labute approximate surface area is 119 Å². The van der Waals surface area contributed by atoms with Gasteiger partial charge in [-0.3, -0.25) is 4.79 Å². The highest BCUT2D eigenvalue weighted by Crippen LogP contribution is 2.17. The van der Waals surface area contributed by atoms with Crippen molar-refractivity contribution >= 4 is 47.0 Å². The summed E-state index contributed by atoms with van der Waals surface area (Å²) in [7, 11) is 0. The van der Waals surface area contributed by atoms with Crippen LogP contribution < -0.4 is 0 Å². The topological polar surface area (TPSA) is 32.9 Å². The molecule has 2 aromatic rings. The van der Waals surface area contributed by atoms with Crippen molar-refractivity contribution in [2.45, 2.75) is 6.92 Å². The van der Waals surface area contributed by atoms with E-state index in [1.54, 1.807) is 24.3 Å². The van der Waals surface area contributed by atoms with E-state index in [2.05, 4.69) is 4.98 Å². The van der Waals surface area contributed by atoms with Gasteiger partial charge in [0.1, 0.15) is 0 Å². The number of halogens is 1. The molecule has 0 bridgehead atoms. The molecule has 0 fully saturated rings. The molecule has 1 N–H and O–H groups in total. The number of nitrogens with one attached hydrogen (secondary N) is 1. The van der Waals surface area contributed by atoms with Gasteiger partial charge in [-0.2, -0.15) is 0 Å². The second-order valence-corrected chi connectivity index (χ2v) is 5.84. The van der Waals surface area contributed by atoms with Crippen LogP contribution >= 0.6 is 35.2 Å². The van der Waals surface area contributed by atoms with E-state index in [0.717, 1.165) is 11.3 Å². The maximum absolute atomic E-state index is 12.0. The van der Waals surface area contributed by atoms with Gasteiger partial charge in [0, 0.05) is 10.7 Å². The molecule has 0 amide bonds. The van der Waals surface area contributed by atoms with Crippen LogP contribution in [-0.4, -0.2) is 10.8 Å². The van der Waals surface area contributed by atoms with Crippen LogP contribution in [0, 0.1) is 10.9 Å². The molecular weight excluding hydrogens is 286 g/mol. The third-order valence-electron chi connectivity index (χ3n) is 2.35. The molecule has 5 heteroatoms. The summed E-state index contributed by atoms with van der Waals surface area (Å²) in [5.41, 5.74) is 1.75. The highest BCUT2D eigenvalue weighted by Gasteiger charge is 2.08. The number of benzene rings is 1. The van der Waals surface area contributed by atoms with Crippen LogP contribution in [0.15, 0.2) is 30.3 Å². The fourth-order valence-corrected chi connectivity index (χ4v) is 2.75. The van der Waals surface area contributed by atoms with Crippen molar-refractivity contribution in [2.24, 2.45) is 0 Å². The fraction of sp³-hybridized carbons (Fsp3) is 0.0769. The quantitative estimate of drug-likeness (QED) is 0.507. The molecule has 0 spiro atoms. The fourth-order valence-electron chi connectivity index (χ4n) is 1.46. The molecule has 0 unspecified atom stereocenters. The van der Waals surface area contributed by atoms with Crippen LogP contribution in [0.3, 0.4) is 0 Å². The Hall–Kier alpha value is -1.23. The first-order valence-corrected chi connectivity index (χ1v) is 6.84. The molecule has 0 saturated carbocycles. The number of H-pyrrole nitrogens is 1. The lowest BCUT2D eigenvalue weighted by Gasteiger charge is -1.94. The number of hydrogen-bond acceptors (Lipinski definition) is 3. The van der Waals surface area contributed by atoms with Gasteiger partial charge in [-0.1, -0.05) is 29.8 Å². The zero-order valence-electron chi connectivity index (χ0n) is 9.57. The highest BCUT2D eigenvalue weighted by atomic mass is 35.5. The molecule has 0 radical (unpaired) electrons. The molecule has 0 aliphatic heterocycles. The summed E-state index contributed by atoms with van der Waals surface area (Å²) < 4.78 is 0.621. The maximum atomic E-state index is 12.0. The predicted octanol–water partition coefficient (Wildman–Crippen LogP) is 4.66. The van der Waals surface area contributed by atoms with Crippen molar-refractivity contribution in [2.75, 3.05) is 0 Å². The number of aromatic amines is 1. The molecule has 2 rings (SSSR count). The van der Waals surface area contributed by atoms with E-state index in [0.29, 0.717) is 13.9 Å². The number of hydrogen-bond donors (Lipinski definition) is 1. The minimum Gasteiger partial charge on any atom is -0.340 e. The molecule has 1 aromatic heterocycles. The van der Waals surface area contributed by atoms with Crippen molar-refractivity contribution < 1.29 is 4.79 Å². The summed E-state index contributed by atoms with van der Waals surface area (Å²) in [6.45, 7) is 1.84. The number of carbonyl (C=O) groups is 1. The van der Waals surface area contributed by atoms with Gasteiger partial charge in [0.15, 0.2) is 9.74 Å². The first-order chi connectivity index (χ1) is 8.56. The lowest BCUT2D eigenvalue weighted by Crippen LogP contribution is -1.93. The largest absolute Gasteiger partial charge is 0.340 e. The summed E-state index contributed by atoms with van der Waals surface area (Å²) in [5.74, 6) is -0.0419. The van der Waals surface area contributed by atoms with Crippen molar-refractivity contribution in [3.05, 3.63) is 55.5 Å². The summed E-state index contributed by atoms with van der Waals surface area (Å²) in [6.07, 6.45) is 3.31. The maximum Gasteiger partial charge on any atom is 0.197 e. The van der Waals surface area contributed by atoms with Gasteiger partial charge in [0.25, 0.3) is 0 Å². The van der Waals surface area contributed by atoms with Crippen LogP contribution in [0.5, 0.6) is 0 Å².